The molecule has 0 radical (unpaired) electrons. The quantitative estimate of drug-likeness (QED) is 0.704. The van der Waals surface area contributed by atoms with Gasteiger partial charge in [0.25, 0.3) is 0 Å². The van der Waals surface area contributed by atoms with E-state index in [9.17, 15) is 15.3 Å². The summed E-state index contributed by atoms with van der Waals surface area (Å²) in [5, 5.41) is 34.6. The van der Waals surface area contributed by atoms with Crippen molar-refractivity contribution >= 4 is 26.5 Å². The number of aliphatic hydroxyl groups is 3. The van der Waals surface area contributed by atoms with Crippen molar-refractivity contribution in [3.05, 3.63) is 36.2 Å². The van der Waals surface area contributed by atoms with Crippen LogP contribution in [-0.4, -0.2) is 50.6 Å². The Kier molecular flexibility index (Phi) is 5.23. The van der Waals surface area contributed by atoms with Crippen molar-refractivity contribution in [3.8, 4) is 0 Å². The standard InChI is InChI=1S/C19H28O3P2/c1-10-11(2)23(12(3)17(10)20)15-8-6-7-9-16(15)24-13(4)18(21)19(22)14(24)5/h6-11,13-14,17-22H,3H2,1-2,4-5H3/t10-,11+,13+,14?,17?,18?,19-,23?,24?/m1/s1. The average molecular weight is 366 g/mol. The van der Waals surface area contributed by atoms with E-state index in [1.165, 1.54) is 10.6 Å². The molecule has 2 heterocycles. The van der Waals surface area contributed by atoms with Gasteiger partial charge in [0.1, 0.15) is 0 Å². The van der Waals surface area contributed by atoms with Crippen LogP contribution in [0.25, 0.3) is 0 Å². The number of benzene rings is 1. The lowest BCUT2D eigenvalue weighted by Crippen LogP contribution is -2.30. The van der Waals surface area contributed by atoms with Gasteiger partial charge in [-0.3, -0.25) is 0 Å². The molecule has 3 N–H and O–H groups in total. The van der Waals surface area contributed by atoms with Crippen LogP contribution in [0.1, 0.15) is 27.7 Å². The van der Waals surface area contributed by atoms with E-state index in [4.69, 9.17) is 0 Å². The molecule has 0 amide bonds. The molecule has 3 rings (SSSR count). The Bertz CT molecular complexity index is 621. The van der Waals surface area contributed by atoms with Crippen LogP contribution in [0.5, 0.6) is 0 Å². The Morgan fingerprint density at radius 1 is 0.833 bits per heavy atom. The Morgan fingerprint density at radius 2 is 1.33 bits per heavy atom. The van der Waals surface area contributed by atoms with E-state index in [2.05, 4.69) is 58.5 Å². The first-order valence-corrected chi connectivity index (χ1v) is 11.6. The second-order valence-electron chi connectivity index (χ2n) is 7.26. The summed E-state index contributed by atoms with van der Waals surface area (Å²) in [6.45, 7) is 12.6. The molecule has 1 aromatic carbocycles. The topological polar surface area (TPSA) is 60.7 Å². The van der Waals surface area contributed by atoms with Gasteiger partial charge in [-0.15, -0.1) is 0 Å². The van der Waals surface area contributed by atoms with Gasteiger partial charge >= 0.3 is 0 Å². The molecular formula is C19H28O3P2. The maximum atomic E-state index is 10.5. The van der Waals surface area contributed by atoms with Crippen LogP contribution in [0.4, 0.5) is 0 Å². The van der Waals surface area contributed by atoms with Gasteiger partial charge in [0.15, 0.2) is 0 Å². The molecule has 2 saturated heterocycles. The Labute approximate surface area is 147 Å². The van der Waals surface area contributed by atoms with E-state index in [-0.39, 0.29) is 17.2 Å². The van der Waals surface area contributed by atoms with Gasteiger partial charge < -0.3 is 15.3 Å². The largest absolute Gasteiger partial charge is 0.390 e. The van der Waals surface area contributed by atoms with Crippen LogP contribution in [-0.2, 0) is 0 Å². The summed E-state index contributed by atoms with van der Waals surface area (Å²) >= 11 is 0. The van der Waals surface area contributed by atoms with Gasteiger partial charge in [-0.25, -0.2) is 0 Å². The summed E-state index contributed by atoms with van der Waals surface area (Å²) in [7, 11) is -1.29. The Hall–Kier alpha value is -0.300. The molecule has 0 aliphatic carbocycles. The van der Waals surface area contributed by atoms with Crippen LogP contribution in [0, 0.1) is 5.92 Å². The monoisotopic (exact) mass is 366 g/mol. The number of hydrogen-bond acceptors (Lipinski definition) is 3. The molecule has 5 heteroatoms. The molecular weight excluding hydrogens is 338 g/mol. The molecule has 0 spiro atoms. The number of rotatable bonds is 2. The van der Waals surface area contributed by atoms with E-state index >= 15 is 0 Å². The molecule has 2 fully saturated rings. The lowest BCUT2D eigenvalue weighted by atomic mass is 10.0. The minimum absolute atomic E-state index is 0.0784. The molecule has 0 saturated carbocycles. The maximum absolute atomic E-state index is 10.5. The zero-order chi connectivity index (χ0) is 17.8. The zero-order valence-electron chi connectivity index (χ0n) is 14.8. The highest BCUT2D eigenvalue weighted by atomic mass is 31.1. The number of hydrogen-bond donors (Lipinski definition) is 3. The van der Waals surface area contributed by atoms with Crippen molar-refractivity contribution in [2.24, 2.45) is 5.92 Å². The number of aliphatic hydroxyl groups excluding tert-OH is 3. The van der Waals surface area contributed by atoms with Gasteiger partial charge in [0.05, 0.1) is 18.3 Å². The van der Waals surface area contributed by atoms with Crippen LogP contribution in [0.15, 0.2) is 36.2 Å². The van der Waals surface area contributed by atoms with Crippen LogP contribution >= 0.6 is 15.8 Å². The van der Waals surface area contributed by atoms with Crippen molar-refractivity contribution in [1.82, 2.24) is 0 Å². The fraction of sp³-hybridized carbons (Fsp3) is 0.579. The minimum atomic E-state index is -0.652. The van der Waals surface area contributed by atoms with Gasteiger partial charge in [-0.05, 0) is 35.4 Å². The summed E-state index contributed by atoms with van der Waals surface area (Å²) in [5.41, 5.74) is 0.547. The van der Waals surface area contributed by atoms with Crippen LogP contribution in [0.2, 0.25) is 0 Å². The minimum Gasteiger partial charge on any atom is -0.390 e. The summed E-state index contributed by atoms with van der Waals surface area (Å²) in [6, 6.07) is 8.45. The highest BCUT2D eigenvalue weighted by Crippen LogP contribution is 2.61. The van der Waals surface area contributed by atoms with E-state index in [0.717, 1.165) is 5.31 Å². The molecule has 132 valence electrons. The van der Waals surface area contributed by atoms with E-state index < -0.39 is 34.2 Å². The van der Waals surface area contributed by atoms with E-state index in [1.807, 2.05) is 0 Å². The summed E-state index contributed by atoms with van der Waals surface area (Å²) in [4.78, 5) is 0. The molecule has 0 bridgehead atoms. The van der Waals surface area contributed by atoms with Crippen molar-refractivity contribution in [2.75, 3.05) is 0 Å². The normalized spacial score (nSPS) is 45.8. The van der Waals surface area contributed by atoms with Crippen molar-refractivity contribution < 1.29 is 15.3 Å². The second kappa shape index (κ2) is 6.78. The van der Waals surface area contributed by atoms with Crippen molar-refractivity contribution in [3.63, 3.8) is 0 Å². The third kappa shape index (κ3) is 2.70. The maximum Gasteiger partial charge on any atom is 0.0872 e. The molecule has 1 aromatic rings. The molecule has 5 unspecified atom stereocenters. The van der Waals surface area contributed by atoms with Crippen molar-refractivity contribution in [2.45, 2.75) is 63.0 Å². The first-order valence-electron chi connectivity index (χ1n) is 8.67. The fourth-order valence-corrected chi connectivity index (χ4v) is 11.1. The summed E-state index contributed by atoms with van der Waals surface area (Å²) < 4.78 is 0. The molecule has 0 aromatic heterocycles. The van der Waals surface area contributed by atoms with Gasteiger partial charge in [-0.1, -0.05) is 66.5 Å². The zero-order valence-corrected chi connectivity index (χ0v) is 16.6. The molecule has 9 atom stereocenters. The van der Waals surface area contributed by atoms with Gasteiger partial charge in [0, 0.05) is 11.3 Å². The summed E-state index contributed by atoms with van der Waals surface area (Å²) in [5.74, 6) is 0.221. The lowest BCUT2D eigenvalue weighted by molar-refractivity contribution is 0.0327. The van der Waals surface area contributed by atoms with Gasteiger partial charge in [-0.2, -0.15) is 0 Å². The van der Waals surface area contributed by atoms with Crippen molar-refractivity contribution in [1.29, 1.82) is 0 Å². The Balaban J connectivity index is 2.05. The van der Waals surface area contributed by atoms with Crippen LogP contribution in [0.3, 0.4) is 0 Å². The summed E-state index contributed by atoms with van der Waals surface area (Å²) in [6.07, 6.45) is -1.73. The first-order chi connectivity index (χ1) is 11.3. The highest BCUT2D eigenvalue weighted by molar-refractivity contribution is 7.75. The molecule has 2 aliphatic rings. The van der Waals surface area contributed by atoms with Crippen LogP contribution < -0.4 is 10.6 Å². The third-order valence-electron chi connectivity index (χ3n) is 5.95. The SMILES string of the molecule is C=C1C(O)[C@H](C)[C@H](C)P1c1ccccc1P1C(C)[C@@H](O)C(O)[C@@H]1C. The lowest BCUT2D eigenvalue weighted by Gasteiger charge is -2.29. The van der Waals surface area contributed by atoms with E-state index in [0.29, 0.717) is 5.66 Å². The first kappa shape index (κ1) is 18.5. The second-order valence-corrected chi connectivity index (χ2v) is 12.8. The van der Waals surface area contributed by atoms with Gasteiger partial charge in [0.2, 0.25) is 0 Å². The fourth-order valence-electron chi connectivity index (χ4n) is 4.18. The smallest absolute Gasteiger partial charge is 0.0872 e. The predicted octanol–water partition coefficient (Wildman–Crippen LogP) is 2.33. The Morgan fingerprint density at radius 3 is 1.79 bits per heavy atom. The predicted molar refractivity (Wildman–Crippen MR) is 104 cm³/mol. The molecule has 3 nitrogen and oxygen atoms in total. The van der Waals surface area contributed by atoms with E-state index in [1.54, 1.807) is 0 Å². The molecule has 2 aliphatic heterocycles. The highest BCUT2D eigenvalue weighted by Gasteiger charge is 2.48. The third-order valence-corrected chi connectivity index (χ3v) is 12.5. The average Bonchev–Trinajstić information content (AvgIpc) is 2.88. The molecule has 24 heavy (non-hydrogen) atoms.